The van der Waals surface area contributed by atoms with Crippen molar-refractivity contribution in [2.45, 2.75) is 0 Å². The van der Waals surface area contributed by atoms with Crippen molar-refractivity contribution in [3.05, 3.63) is 95.6 Å². The van der Waals surface area contributed by atoms with Crippen LogP contribution in [0.4, 0.5) is 5.69 Å². The second kappa shape index (κ2) is 7.93. The van der Waals surface area contributed by atoms with Gasteiger partial charge < -0.3 is 4.74 Å². The molecule has 0 bridgehead atoms. The third-order valence-electron chi connectivity index (χ3n) is 3.64. The van der Waals surface area contributed by atoms with Crippen LogP contribution in [0.25, 0.3) is 12.2 Å². The summed E-state index contributed by atoms with van der Waals surface area (Å²) in [5.74, 6) is 0.798. The molecule has 3 aromatic rings. The molecule has 3 aromatic carbocycles. The molecule has 0 radical (unpaired) electrons. The predicted octanol–water partition coefficient (Wildman–Crippen LogP) is 5.62. The summed E-state index contributed by atoms with van der Waals surface area (Å²) >= 11 is 0. The van der Waals surface area contributed by atoms with E-state index in [-0.39, 0.29) is 0 Å². The largest absolute Gasteiger partial charge is 0.497 e. The lowest BCUT2D eigenvalue weighted by Crippen LogP contribution is -1.85. The van der Waals surface area contributed by atoms with Gasteiger partial charge in [-0.2, -0.15) is 0 Å². The van der Waals surface area contributed by atoms with E-state index in [9.17, 15) is 0 Å². The number of benzene rings is 3. The molecule has 2 nitrogen and oxygen atoms in total. The fraction of sp³-hybridized carbons (Fsp3) is 0.0455. The molecule has 2 heteroatoms. The average molecular weight is 313 g/mol. The normalized spacial score (nSPS) is 11.2. The van der Waals surface area contributed by atoms with E-state index in [4.69, 9.17) is 4.74 Å². The van der Waals surface area contributed by atoms with Crippen LogP contribution in [0, 0.1) is 0 Å². The summed E-state index contributed by atoms with van der Waals surface area (Å²) in [6.45, 7) is 0. The SMILES string of the molecule is COc1ccc(C=Cc2ccccc2)c(N=Cc2ccccc2)c1. The van der Waals surface area contributed by atoms with Gasteiger partial charge >= 0.3 is 0 Å². The maximum atomic E-state index is 5.33. The molecule has 0 atom stereocenters. The van der Waals surface area contributed by atoms with Crippen LogP contribution < -0.4 is 4.74 Å². The molecule has 0 saturated heterocycles. The topological polar surface area (TPSA) is 21.6 Å². The van der Waals surface area contributed by atoms with E-state index < -0.39 is 0 Å². The monoisotopic (exact) mass is 313 g/mol. The Morgan fingerprint density at radius 1 is 0.750 bits per heavy atom. The van der Waals surface area contributed by atoms with Crippen LogP contribution in [0.2, 0.25) is 0 Å². The Kier molecular flexibility index (Phi) is 5.21. The minimum Gasteiger partial charge on any atom is -0.497 e. The molecule has 0 N–H and O–H groups in total. The molecular formula is C22H19NO. The summed E-state index contributed by atoms with van der Waals surface area (Å²) in [4.78, 5) is 4.64. The van der Waals surface area contributed by atoms with Gasteiger partial charge in [-0.15, -0.1) is 0 Å². The van der Waals surface area contributed by atoms with Gasteiger partial charge in [0.15, 0.2) is 0 Å². The third kappa shape index (κ3) is 4.20. The zero-order valence-corrected chi connectivity index (χ0v) is 13.6. The van der Waals surface area contributed by atoms with Crippen LogP contribution in [0.1, 0.15) is 16.7 Å². The van der Waals surface area contributed by atoms with E-state index in [0.29, 0.717) is 0 Å². The van der Waals surface area contributed by atoms with E-state index >= 15 is 0 Å². The first-order valence-corrected chi connectivity index (χ1v) is 7.85. The number of nitrogens with zero attached hydrogens (tertiary/aromatic N) is 1. The lowest BCUT2D eigenvalue weighted by Gasteiger charge is -2.05. The average Bonchev–Trinajstić information content (AvgIpc) is 2.66. The highest BCUT2D eigenvalue weighted by Crippen LogP contribution is 2.27. The van der Waals surface area contributed by atoms with Crippen molar-refractivity contribution < 1.29 is 4.74 Å². The van der Waals surface area contributed by atoms with Crippen molar-refractivity contribution in [2.24, 2.45) is 4.99 Å². The van der Waals surface area contributed by atoms with E-state index in [1.165, 1.54) is 0 Å². The highest BCUT2D eigenvalue weighted by Gasteiger charge is 2.01. The first kappa shape index (κ1) is 15.8. The second-order valence-electron chi connectivity index (χ2n) is 5.34. The molecule has 0 fully saturated rings. The standard InChI is InChI=1S/C22H19NO/c1-24-21-15-14-20(13-12-18-8-4-2-5-9-18)22(16-21)23-17-19-10-6-3-7-11-19/h2-17H,1H3. The molecule has 0 heterocycles. The number of hydrogen-bond donors (Lipinski definition) is 0. The maximum absolute atomic E-state index is 5.33. The molecule has 24 heavy (non-hydrogen) atoms. The highest BCUT2D eigenvalue weighted by atomic mass is 16.5. The zero-order chi connectivity index (χ0) is 16.6. The van der Waals surface area contributed by atoms with Gasteiger partial charge in [0, 0.05) is 17.8 Å². The molecule has 0 aliphatic heterocycles. The third-order valence-corrected chi connectivity index (χ3v) is 3.64. The van der Waals surface area contributed by atoms with Crippen molar-refractivity contribution in [3.8, 4) is 5.75 Å². The lowest BCUT2D eigenvalue weighted by molar-refractivity contribution is 0.415. The van der Waals surface area contributed by atoms with Gasteiger partial charge in [-0.05, 0) is 23.3 Å². The van der Waals surface area contributed by atoms with E-state index in [2.05, 4.69) is 29.3 Å². The second-order valence-corrected chi connectivity index (χ2v) is 5.34. The Bertz CT molecular complexity index is 836. The first-order chi connectivity index (χ1) is 11.8. The summed E-state index contributed by atoms with van der Waals surface area (Å²) in [6, 6.07) is 26.2. The summed E-state index contributed by atoms with van der Waals surface area (Å²) in [6.07, 6.45) is 6.03. The Morgan fingerprint density at radius 3 is 2.08 bits per heavy atom. The predicted molar refractivity (Wildman–Crippen MR) is 102 cm³/mol. The quantitative estimate of drug-likeness (QED) is 0.443. The number of ether oxygens (including phenoxy) is 1. The molecule has 0 aliphatic carbocycles. The van der Waals surface area contributed by atoms with Crippen molar-refractivity contribution >= 4 is 24.1 Å². The van der Waals surface area contributed by atoms with Crippen LogP contribution in [0.15, 0.2) is 83.9 Å². The fourth-order valence-electron chi connectivity index (χ4n) is 2.34. The van der Waals surface area contributed by atoms with Gasteiger partial charge in [-0.3, -0.25) is 4.99 Å². The summed E-state index contributed by atoms with van der Waals surface area (Å²) in [7, 11) is 1.67. The summed E-state index contributed by atoms with van der Waals surface area (Å²) in [5, 5.41) is 0. The first-order valence-electron chi connectivity index (χ1n) is 7.85. The Balaban J connectivity index is 1.91. The lowest BCUT2D eigenvalue weighted by atomic mass is 10.1. The molecule has 0 aromatic heterocycles. The minimum absolute atomic E-state index is 0.798. The minimum atomic E-state index is 0.798. The van der Waals surface area contributed by atoms with Crippen molar-refractivity contribution in [2.75, 3.05) is 7.11 Å². The Labute approximate surface area is 142 Å². The molecule has 0 spiro atoms. The van der Waals surface area contributed by atoms with Gasteiger partial charge in [0.1, 0.15) is 5.75 Å². The summed E-state index contributed by atoms with van der Waals surface area (Å²) < 4.78 is 5.33. The van der Waals surface area contributed by atoms with E-state index in [1.807, 2.05) is 72.9 Å². The van der Waals surface area contributed by atoms with Crippen LogP contribution in [0.5, 0.6) is 5.75 Å². The van der Waals surface area contributed by atoms with Gasteiger partial charge in [0.2, 0.25) is 0 Å². The summed E-state index contributed by atoms with van der Waals surface area (Å²) in [5.41, 5.74) is 4.15. The number of methoxy groups -OCH3 is 1. The molecule has 118 valence electrons. The molecule has 0 amide bonds. The van der Waals surface area contributed by atoms with Gasteiger partial charge in [-0.25, -0.2) is 0 Å². The fourth-order valence-corrected chi connectivity index (χ4v) is 2.34. The molecule has 3 rings (SSSR count). The van der Waals surface area contributed by atoms with Crippen molar-refractivity contribution in [1.29, 1.82) is 0 Å². The smallest absolute Gasteiger partial charge is 0.121 e. The van der Waals surface area contributed by atoms with Crippen LogP contribution in [0.3, 0.4) is 0 Å². The van der Waals surface area contributed by atoms with Crippen LogP contribution in [-0.4, -0.2) is 13.3 Å². The van der Waals surface area contributed by atoms with Crippen LogP contribution >= 0.6 is 0 Å². The number of aliphatic imine (C=N–C) groups is 1. The van der Waals surface area contributed by atoms with Crippen molar-refractivity contribution in [1.82, 2.24) is 0 Å². The van der Waals surface area contributed by atoms with E-state index in [1.54, 1.807) is 7.11 Å². The van der Waals surface area contributed by atoms with Gasteiger partial charge in [0.05, 0.1) is 12.8 Å². The zero-order valence-electron chi connectivity index (χ0n) is 13.6. The van der Waals surface area contributed by atoms with E-state index in [0.717, 1.165) is 28.1 Å². The van der Waals surface area contributed by atoms with Gasteiger partial charge in [-0.1, -0.05) is 72.8 Å². The Morgan fingerprint density at radius 2 is 1.42 bits per heavy atom. The number of rotatable bonds is 5. The number of hydrogen-bond acceptors (Lipinski definition) is 2. The molecule has 0 aliphatic rings. The van der Waals surface area contributed by atoms with Crippen molar-refractivity contribution in [3.63, 3.8) is 0 Å². The van der Waals surface area contributed by atoms with Crippen LogP contribution in [-0.2, 0) is 0 Å². The molecule has 0 saturated carbocycles. The molecular weight excluding hydrogens is 294 g/mol. The Hall–Kier alpha value is -3.13. The highest BCUT2D eigenvalue weighted by molar-refractivity contribution is 5.84. The molecule has 0 unspecified atom stereocenters. The van der Waals surface area contributed by atoms with Gasteiger partial charge in [0.25, 0.3) is 0 Å². The maximum Gasteiger partial charge on any atom is 0.121 e.